The van der Waals surface area contributed by atoms with Crippen molar-refractivity contribution in [2.45, 2.75) is 6.54 Å². The molecule has 120 valence electrons. The van der Waals surface area contributed by atoms with Crippen LogP contribution >= 0.6 is 0 Å². The summed E-state index contributed by atoms with van der Waals surface area (Å²) < 4.78 is 1.49. The summed E-state index contributed by atoms with van der Waals surface area (Å²) in [4.78, 5) is 22.7. The van der Waals surface area contributed by atoms with Gasteiger partial charge in [-0.15, -0.1) is 5.10 Å². The Balaban J connectivity index is 1.60. The Kier molecular flexibility index (Phi) is 4.28. The van der Waals surface area contributed by atoms with Gasteiger partial charge in [-0.2, -0.15) is 5.10 Å². The van der Waals surface area contributed by atoms with E-state index in [4.69, 9.17) is 5.11 Å². The Labute approximate surface area is 136 Å². The molecule has 3 rings (SSSR count). The molecule has 3 aromatic rings. The highest BCUT2D eigenvalue weighted by atomic mass is 16.4. The lowest BCUT2D eigenvalue weighted by molar-refractivity contribution is -0.121. The summed E-state index contributed by atoms with van der Waals surface area (Å²) in [5.41, 5.74) is 4.74. The van der Waals surface area contributed by atoms with Gasteiger partial charge in [0.15, 0.2) is 0 Å². The smallest absolute Gasteiger partial charge is 0.335 e. The van der Waals surface area contributed by atoms with Gasteiger partial charge in [-0.25, -0.2) is 14.9 Å². The van der Waals surface area contributed by atoms with Gasteiger partial charge in [0.25, 0.3) is 5.91 Å². The number of aromatic nitrogens is 3. The van der Waals surface area contributed by atoms with Crippen LogP contribution in [0.2, 0.25) is 0 Å². The van der Waals surface area contributed by atoms with Crippen LogP contribution in [-0.2, 0) is 11.3 Å². The molecular formula is C16H13N5O3. The summed E-state index contributed by atoms with van der Waals surface area (Å²) in [6, 6.07) is 13.5. The highest BCUT2D eigenvalue weighted by Crippen LogP contribution is 2.09. The van der Waals surface area contributed by atoms with Crippen LogP contribution in [0.4, 0.5) is 0 Å². The minimum Gasteiger partial charge on any atom is -0.478 e. The number of aromatic carboxylic acids is 1. The number of benzene rings is 2. The van der Waals surface area contributed by atoms with Gasteiger partial charge in [0.05, 0.1) is 17.3 Å². The van der Waals surface area contributed by atoms with Gasteiger partial charge < -0.3 is 5.11 Å². The Hall–Kier alpha value is -3.55. The number of para-hydroxylation sites is 1. The van der Waals surface area contributed by atoms with E-state index in [0.717, 1.165) is 5.52 Å². The zero-order valence-corrected chi connectivity index (χ0v) is 12.5. The van der Waals surface area contributed by atoms with Crippen LogP contribution in [0.25, 0.3) is 11.0 Å². The van der Waals surface area contributed by atoms with Gasteiger partial charge in [0, 0.05) is 0 Å². The van der Waals surface area contributed by atoms with E-state index in [1.807, 2.05) is 24.3 Å². The van der Waals surface area contributed by atoms with Gasteiger partial charge >= 0.3 is 5.97 Å². The second-order valence-electron chi connectivity index (χ2n) is 4.96. The average molecular weight is 323 g/mol. The van der Waals surface area contributed by atoms with E-state index in [-0.39, 0.29) is 18.0 Å². The number of nitrogens with zero attached hydrogens (tertiary/aromatic N) is 4. The number of hydrogen-bond donors (Lipinski definition) is 2. The second kappa shape index (κ2) is 6.69. The highest BCUT2D eigenvalue weighted by molar-refractivity contribution is 5.89. The van der Waals surface area contributed by atoms with Crippen LogP contribution in [0, 0.1) is 0 Å². The molecule has 0 radical (unpaired) electrons. The van der Waals surface area contributed by atoms with Gasteiger partial charge in [-0.05, 0) is 29.8 Å². The first-order valence-corrected chi connectivity index (χ1v) is 7.07. The van der Waals surface area contributed by atoms with E-state index < -0.39 is 5.97 Å². The van der Waals surface area contributed by atoms with Crippen molar-refractivity contribution < 1.29 is 14.7 Å². The molecule has 0 aliphatic heterocycles. The molecule has 8 heteroatoms. The predicted molar refractivity (Wildman–Crippen MR) is 86.7 cm³/mol. The number of carbonyl (C=O) groups is 2. The molecule has 0 fully saturated rings. The largest absolute Gasteiger partial charge is 0.478 e. The fourth-order valence-electron chi connectivity index (χ4n) is 2.10. The molecule has 2 aromatic carbocycles. The first-order valence-electron chi connectivity index (χ1n) is 7.07. The zero-order chi connectivity index (χ0) is 16.9. The minimum atomic E-state index is -0.994. The molecule has 0 saturated heterocycles. The van der Waals surface area contributed by atoms with Crippen molar-refractivity contribution in [3.63, 3.8) is 0 Å². The number of fused-ring (bicyclic) bond motifs is 1. The molecule has 24 heavy (non-hydrogen) atoms. The Morgan fingerprint density at radius 3 is 2.67 bits per heavy atom. The number of hydrazone groups is 1. The van der Waals surface area contributed by atoms with E-state index in [1.165, 1.54) is 23.0 Å². The van der Waals surface area contributed by atoms with E-state index in [0.29, 0.717) is 11.1 Å². The quantitative estimate of drug-likeness (QED) is 0.543. The fraction of sp³-hybridized carbons (Fsp3) is 0.0625. The molecule has 0 saturated carbocycles. The third kappa shape index (κ3) is 3.43. The fourth-order valence-corrected chi connectivity index (χ4v) is 2.10. The van der Waals surface area contributed by atoms with Crippen molar-refractivity contribution in [2.24, 2.45) is 5.10 Å². The van der Waals surface area contributed by atoms with Crippen LogP contribution in [0.1, 0.15) is 15.9 Å². The van der Waals surface area contributed by atoms with Crippen LogP contribution in [0.5, 0.6) is 0 Å². The monoisotopic (exact) mass is 323 g/mol. The average Bonchev–Trinajstić information content (AvgIpc) is 2.98. The van der Waals surface area contributed by atoms with Crippen molar-refractivity contribution in [3.05, 3.63) is 59.7 Å². The van der Waals surface area contributed by atoms with Crippen molar-refractivity contribution in [3.8, 4) is 0 Å². The second-order valence-corrected chi connectivity index (χ2v) is 4.96. The normalized spacial score (nSPS) is 11.0. The van der Waals surface area contributed by atoms with E-state index in [2.05, 4.69) is 20.8 Å². The molecule has 0 aliphatic rings. The summed E-state index contributed by atoms with van der Waals surface area (Å²) in [6.45, 7) is -0.00416. The lowest BCUT2D eigenvalue weighted by Crippen LogP contribution is -2.23. The third-order valence-corrected chi connectivity index (χ3v) is 3.27. The Morgan fingerprint density at radius 2 is 1.92 bits per heavy atom. The standard InChI is InChI=1S/C16H13N5O3/c22-15(10-21-14-4-2-1-3-13(14)18-20-21)19-17-9-11-5-7-12(8-6-11)16(23)24/h1-9H,10H2,(H,19,22)(H,23,24)/b17-9+. The SMILES string of the molecule is O=C(Cn1nnc2ccccc21)N/N=C/c1ccc(C(=O)O)cc1. The molecule has 0 unspecified atom stereocenters. The zero-order valence-electron chi connectivity index (χ0n) is 12.5. The first kappa shape index (κ1) is 15.3. The van der Waals surface area contributed by atoms with Crippen LogP contribution in [0.3, 0.4) is 0 Å². The molecule has 1 heterocycles. The van der Waals surface area contributed by atoms with Crippen LogP contribution in [-0.4, -0.2) is 38.2 Å². The van der Waals surface area contributed by atoms with Crippen LogP contribution < -0.4 is 5.43 Å². The molecule has 8 nitrogen and oxygen atoms in total. The number of amides is 1. The third-order valence-electron chi connectivity index (χ3n) is 3.27. The van der Waals surface area contributed by atoms with Gasteiger partial charge in [0.1, 0.15) is 12.1 Å². The van der Waals surface area contributed by atoms with E-state index in [9.17, 15) is 9.59 Å². The molecule has 2 N–H and O–H groups in total. The minimum absolute atomic E-state index is 0.00416. The first-order chi connectivity index (χ1) is 11.6. The maximum atomic E-state index is 11.9. The number of carboxylic acids is 1. The van der Waals surface area contributed by atoms with E-state index in [1.54, 1.807) is 12.1 Å². The number of rotatable bonds is 5. The van der Waals surface area contributed by atoms with Crippen molar-refractivity contribution in [1.29, 1.82) is 0 Å². The van der Waals surface area contributed by atoms with Crippen molar-refractivity contribution in [2.75, 3.05) is 0 Å². The molecule has 0 bridgehead atoms. The maximum absolute atomic E-state index is 11.9. The highest BCUT2D eigenvalue weighted by Gasteiger charge is 2.07. The topological polar surface area (TPSA) is 109 Å². The van der Waals surface area contributed by atoms with Crippen LogP contribution in [0.15, 0.2) is 53.6 Å². The summed E-state index contributed by atoms with van der Waals surface area (Å²) >= 11 is 0. The molecule has 1 aromatic heterocycles. The van der Waals surface area contributed by atoms with Crippen molar-refractivity contribution >= 4 is 29.1 Å². The molecule has 0 spiro atoms. The molecular weight excluding hydrogens is 310 g/mol. The molecule has 0 atom stereocenters. The van der Waals surface area contributed by atoms with E-state index >= 15 is 0 Å². The number of hydrogen-bond acceptors (Lipinski definition) is 5. The van der Waals surface area contributed by atoms with Gasteiger partial charge in [-0.3, -0.25) is 4.79 Å². The predicted octanol–water partition coefficient (Wildman–Crippen LogP) is 1.28. The summed E-state index contributed by atoms with van der Waals surface area (Å²) in [7, 11) is 0. The lowest BCUT2D eigenvalue weighted by Gasteiger charge is -2.01. The summed E-state index contributed by atoms with van der Waals surface area (Å²) in [5, 5.41) is 20.6. The maximum Gasteiger partial charge on any atom is 0.335 e. The Bertz CT molecular complexity index is 915. The number of carbonyl (C=O) groups excluding carboxylic acids is 1. The Morgan fingerprint density at radius 1 is 1.17 bits per heavy atom. The van der Waals surface area contributed by atoms with Gasteiger partial charge in [0.2, 0.25) is 0 Å². The number of nitrogens with one attached hydrogen (secondary N) is 1. The number of carboxylic acid groups (broad SMARTS) is 1. The molecule has 0 aliphatic carbocycles. The summed E-state index contributed by atoms with van der Waals surface area (Å²) in [5.74, 6) is -1.34. The molecule has 1 amide bonds. The lowest BCUT2D eigenvalue weighted by atomic mass is 10.1. The van der Waals surface area contributed by atoms with Crippen molar-refractivity contribution in [1.82, 2.24) is 20.4 Å². The summed E-state index contributed by atoms with van der Waals surface area (Å²) in [6.07, 6.45) is 1.43. The van der Waals surface area contributed by atoms with Gasteiger partial charge in [-0.1, -0.05) is 29.5 Å².